The molecule has 1 aliphatic heterocycles. The molecule has 1 aliphatic rings. The van der Waals surface area contributed by atoms with Crippen LogP contribution < -0.4 is 11.1 Å². The fraction of sp³-hybridized carbons (Fsp3) is 1.00. The van der Waals surface area contributed by atoms with Crippen molar-refractivity contribution in [3.63, 3.8) is 0 Å². The van der Waals surface area contributed by atoms with E-state index in [1.54, 1.807) is 7.11 Å². The molecule has 2 unspecified atom stereocenters. The Bertz CT molecular complexity index is 87.6. The maximum atomic E-state index is 5.50. The van der Waals surface area contributed by atoms with Gasteiger partial charge < -0.3 is 15.8 Å². The summed E-state index contributed by atoms with van der Waals surface area (Å²) >= 11 is 0. The highest BCUT2D eigenvalue weighted by Gasteiger charge is 2.19. The van der Waals surface area contributed by atoms with Gasteiger partial charge in [0.2, 0.25) is 0 Å². The summed E-state index contributed by atoms with van der Waals surface area (Å²) in [5.74, 6) is 0. The summed E-state index contributed by atoms with van der Waals surface area (Å²) in [7, 11) is 1.77. The molecule has 2 atom stereocenters. The van der Waals surface area contributed by atoms with Gasteiger partial charge in [0.05, 0.1) is 6.10 Å². The molecule has 3 heteroatoms. The van der Waals surface area contributed by atoms with Crippen molar-refractivity contribution in [3.8, 4) is 0 Å². The predicted octanol–water partition coefficient (Wildman–Crippen LogP) is -0.288. The molecule has 0 saturated carbocycles. The Balaban J connectivity index is 2.25. The lowest BCUT2D eigenvalue weighted by Gasteiger charge is -2.28. The normalized spacial score (nSPS) is 34.2. The lowest BCUT2D eigenvalue weighted by molar-refractivity contribution is 0.0633. The van der Waals surface area contributed by atoms with Crippen molar-refractivity contribution < 1.29 is 4.74 Å². The molecule has 0 aromatic heterocycles. The maximum absolute atomic E-state index is 5.50. The van der Waals surface area contributed by atoms with Crippen molar-refractivity contribution in [1.82, 2.24) is 5.32 Å². The lowest BCUT2D eigenvalue weighted by Crippen LogP contribution is -2.45. The first-order chi connectivity index (χ1) is 4.86. The number of hydrogen-bond acceptors (Lipinski definition) is 3. The van der Waals surface area contributed by atoms with E-state index in [4.69, 9.17) is 10.5 Å². The summed E-state index contributed by atoms with van der Waals surface area (Å²) in [6, 6.07) is 0.471. The van der Waals surface area contributed by atoms with Crippen molar-refractivity contribution >= 4 is 0 Å². The van der Waals surface area contributed by atoms with Crippen LogP contribution in [0.25, 0.3) is 0 Å². The fourth-order valence-electron chi connectivity index (χ4n) is 1.36. The van der Waals surface area contributed by atoms with Gasteiger partial charge >= 0.3 is 0 Å². The molecule has 0 aromatic carbocycles. The minimum absolute atomic E-state index is 0.426. The Morgan fingerprint density at radius 2 is 2.50 bits per heavy atom. The van der Waals surface area contributed by atoms with Crippen molar-refractivity contribution in [3.05, 3.63) is 0 Å². The third-order valence-corrected chi connectivity index (χ3v) is 2.06. The summed E-state index contributed by atoms with van der Waals surface area (Å²) < 4.78 is 5.23. The zero-order chi connectivity index (χ0) is 7.40. The second-order valence-corrected chi connectivity index (χ2v) is 2.77. The molecule has 0 amide bonds. The predicted molar refractivity (Wildman–Crippen MR) is 40.9 cm³/mol. The van der Waals surface area contributed by atoms with Gasteiger partial charge in [-0.1, -0.05) is 0 Å². The van der Waals surface area contributed by atoms with E-state index in [1.165, 1.54) is 0 Å². The Morgan fingerprint density at radius 1 is 1.70 bits per heavy atom. The summed E-state index contributed by atoms with van der Waals surface area (Å²) in [6.07, 6.45) is 2.61. The second kappa shape index (κ2) is 3.91. The summed E-state index contributed by atoms with van der Waals surface area (Å²) in [5, 5.41) is 3.33. The quantitative estimate of drug-likeness (QED) is 0.560. The molecule has 10 heavy (non-hydrogen) atoms. The largest absolute Gasteiger partial charge is 0.381 e. The van der Waals surface area contributed by atoms with Crippen molar-refractivity contribution in [1.29, 1.82) is 0 Å². The van der Waals surface area contributed by atoms with Gasteiger partial charge in [0, 0.05) is 19.7 Å². The number of methoxy groups -OCH3 is 1. The highest BCUT2D eigenvalue weighted by molar-refractivity contribution is 4.78. The molecular weight excluding hydrogens is 128 g/mol. The number of nitrogens with two attached hydrogens (primary N) is 1. The molecular formula is C7H16N2O. The first kappa shape index (κ1) is 7.98. The maximum Gasteiger partial charge on any atom is 0.0598 e. The van der Waals surface area contributed by atoms with Crippen LogP contribution in [0.5, 0.6) is 0 Å². The Labute approximate surface area is 61.9 Å². The van der Waals surface area contributed by atoms with E-state index in [0.717, 1.165) is 25.9 Å². The molecule has 3 nitrogen and oxygen atoms in total. The van der Waals surface area contributed by atoms with Crippen molar-refractivity contribution in [2.24, 2.45) is 5.73 Å². The van der Waals surface area contributed by atoms with E-state index in [9.17, 15) is 0 Å². The van der Waals surface area contributed by atoms with E-state index in [1.807, 2.05) is 0 Å². The van der Waals surface area contributed by atoms with Gasteiger partial charge in [-0.15, -0.1) is 0 Å². The number of nitrogens with one attached hydrogen (secondary N) is 1. The molecule has 1 rings (SSSR count). The topological polar surface area (TPSA) is 47.3 Å². The average molecular weight is 144 g/mol. The Kier molecular flexibility index (Phi) is 3.12. The van der Waals surface area contributed by atoms with Gasteiger partial charge in [0.1, 0.15) is 0 Å². The Hall–Kier alpha value is -0.120. The van der Waals surface area contributed by atoms with Crippen LogP contribution in [0.1, 0.15) is 12.8 Å². The zero-order valence-electron chi connectivity index (χ0n) is 6.47. The first-order valence-corrected chi connectivity index (χ1v) is 3.83. The smallest absolute Gasteiger partial charge is 0.0598 e. The van der Waals surface area contributed by atoms with Gasteiger partial charge in [-0.25, -0.2) is 0 Å². The number of ether oxygens (including phenoxy) is 1. The third kappa shape index (κ3) is 1.94. The average Bonchev–Trinajstić information content (AvgIpc) is 2.05. The lowest BCUT2D eigenvalue weighted by atomic mass is 10.0. The third-order valence-electron chi connectivity index (χ3n) is 2.06. The van der Waals surface area contributed by atoms with Crippen molar-refractivity contribution in [2.75, 3.05) is 20.2 Å². The van der Waals surface area contributed by atoms with E-state index >= 15 is 0 Å². The number of hydrogen-bond donors (Lipinski definition) is 2. The van der Waals surface area contributed by atoms with Crippen LogP contribution in [0.2, 0.25) is 0 Å². The standard InChI is InChI=1S/C7H16N2O/c1-10-7-2-3-9-6(4-7)5-8/h6-7,9H,2-5,8H2,1H3. The molecule has 0 aliphatic carbocycles. The van der Waals surface area contributed by atoms with Crippen LogP contribution in [0.4, 0.5) is 0 Å². The van der Waals surface area contributed by atoms with E-state index in [-0.39, 0.29) is 0 Å². The molecule has 0 spiro atoms. The van der Waals surface area contributed by atoms with Gasteiger partial charge in [0.25, 0.3) is 0 Å². The zero-order valence-corrected chi connectivity index (χ0v) is 6.47. The molecule has 1 fully saturated rings. The highest BCUT2D eigenvalue weighted by Crippen LogP contribution is 2.09. The monoisotopic (exact) mass is 144 g/mol. The van der Waals surface area contributed by atoms with E-state index in [0.29, 0.717) is 12.1 Å². The summed E-state index contributed by atoms with van der Waals surface area (Å²) in [4.78, 5) is 0. The molecule has 3 N–H and O–H groups in total. The number of rotatable bonds is 2. The summed E-state index contributed by atoms with van der Waals surface area (Å²) in [5.41, 5.74) is 5.50. The molecule has 1 heterocycles. The van der Waals surface area contributed by atoms with Gasteiger partial charge in [-0.3, -0.25) is 0 Å². The molecule has 0 aromatic rings. The van der Waals surface area contributed by atoms with Crippen LogP contribution in [0.3, 0.4) is 0 Å². The van der Waals surface area contributed by atoms with Crippen LogP contribution in [-0.2, 0) is 4.74 Å². The van der Waals surface area contributed by atoms with Gasteiger partial charge in [-0.05, 0) is 19.4 Å². The molecule has 60 valence electrons. The summed E-state index contributed by atoms with van der Waals surface area (Å²) in [6.45, 7) is 1.76. The highest BCUT2D eigenvalue weighted by atomic mass is 16.5. The second-order valence-electron chi connectivity index (χ2n) is 2.77. The Morgan fingerprint density at radius 3 is 3.10 bits per heavy atom. The fourth-order valence-corrected chi connectivity index (χ4v) is 1.36. The van der Waals surface area contributed by atoms with Gasteiger partial charge in [0.15, 0.2) is 0 Å². The van der Waals surface area contributed by atoms with Crippen LogP contribution >= 0.6 is 0 Å². The molecule has 1 saturated heterocycles. The van der Waals surface area contributed by atoms with Gasteiger partial charge in [-0.2, -0.15) is 0 Å². The molecule has 0 bridgehead atoms. The number of piperidine rings is 1. The first-order valence-electron chi connectivity index (χ1n) is 3.83. The van der Waals surface area contributed by atoms with Crippen LogP contribution in [0.15, 0.2) is 0 Å². The van der Waals surface area contributed by atoms with Crippen molar-refractivity contribution in [2.45, 2.75) is 25.0 Å². The van der Waals surface area contributed by atoms with Crippen LogP contribution in [0, 0.1) is 0 Å². The minimum Gasteiger partial charge on any atom is -0.381 e. The van der Waals surface area contributed by atoms with E-state index in [2.05, 4.69) is 5.32 Å². The van der Waals surface area contributed by atoms with Crippen LogP contribution in [-0.4, -0.2) is 32.3 Å². The minimum atomic E-state index is 0.426. The molecule has 0 radical (unpaired) electrons. The van der Waals surface area contributed by atoms with E-state index < -0.39 is 0 Å². The SMILES string of the molecule is COC1CCNC(CN)C1.